The van der Waals surface area contributed by atoms with E-state index in [2.05, 4.69) is 34.7 Å². The lowest BCUT2D eigenvalue weighted by Crippen LogP contribution is -2.32. The number of halogens is 1. The van der Waals surface area contributed by atoms with Crippen molar-refractivity contribution < 1.29 is 4.79 Å². The lowest BCUT2D eigenvalue weighted by atomic mass is 10.1. The van der Waals surface area contributed by atoms with Crippen LogP contribution in [0, 0.1) is 0 Å². The van der Waals surface area contributed by atoms with E-state index in [0.29, 0.717) is 5.91 Å². The van der Waals surface area contributed by atoms with Crippen LogP contribution < -0.4 is 0 Å². The average molecular weight is 404 g/mol. The molecule has 0 radical (unpaired) electrons. The Kier molecular flexibility index (Phi) is 19.2. The second-order valence-corrected chi connectivity index (χ2v) is 7.86. The molecule has 0 aromatic rings. The fourth-order valence-corrected chi connectivity index (χ4v) is 3.45. The molecule has 0 atom stereocenters. The molecule has 2 nitrogen and oxygen atoms in total. The standard InChI is InChI=1S/C21H42BrNO/c1-3-5-7-9-11-15-19-23(21(24)17-13-14-18-22)20-16-12-10-8-6-4-2/h3-20H2,1-2H3. The molecular weight excluding hydrogens is 362 g/mol. The molecule has 0 aromatic carbocycles. The van der Waals surface area contributed by atoms with Gasteiger partial charge in [0.25, 0.3) is 0 Å². The van der Waals surface area contributed by atoms with E-state index in [1.54, 1.807) is 0 Å². The van der Waals surface area contributed by atoms with Crippen LogP contribution in [0.25, 0.3) is 0 Å². The topological polar surface area (TPSA) is 20.3 Å². The summed E-state index contributed by atoms with van der Waals surface area (Å²) >= 11 is 3.46. The van der Waals surface area contributed by atoms with Crippen LogP contribution in [0.4, 0.5) is 0 Å². The third kappa shape index (κ3) is 15.5. The van der Waals surface area contributed by atoms with E-state index in [1.807, 2.05) is 0 Å². The molecule has 0 saturated carbocycles. The first-order valence-corrected chi connectivity index (χ1v) is 11.7. The Bertz CT molecular complexity index is 255. The number of hydrogen-bond donors (Lipinski definition) is 0. The van der Waals surface area contributed by atoms with Gasteiger partial charge >= 0.3 is 0 Å². The fourth-order valence-electron chi connectivity index (χ4n) is 3.06. The smallest absolute Gasteiger partial charge is 0.222 e. The van der Waals surface area contributed by atoms with Crippen molar-refractivity contribution in [2.24, 2.45) is 0 Å². The van der Waals surface area contributed by atoms with Gasteiger partial charge in [-0.3, -0.25) is 4.79 Å². The van der Waals surface area contributed by atoms with Gasteiger partial charge in [0.15, 0.2) is 0 Å². The Morgan fingerprint density at radius 3 is 1.58 bits per heavy atom. The highest BCUT2D eigenvalue weighted by molar-refractivity contribution is 9.09. The second-order valence-electron chi connectivity index (χ2n) is 7.06. The molecule has 0 aliphatic rings. The summed E-state index contributed by atoms with van der Waals surface area (Å²) in [6.07, 6.45) is 18.5. The maximum Gasteiger partial charge on any atom is 0.222 e. The number of hydrogen-bond acceptors (Lipinski definition) is 1. The highest BCUT2D eigenvalue weighted by Crippen LogP contribution is 2.11. The number of nitrogens with zero attached hydrogens (tertiary/aromatic N) is 1. The van der Waals surface area contributed by atoms with Crippen LogP contribution in [0.15, 0.2) is 0 Å². The van der Waals surface area contributed by atoms with Gasteiger partial charge in [-0.15, -0.1) is 0 Å². The molecule has 0 spiro atoms. The SMILES string of the molecule is CCCCCCCCN(CCCCCCCC)C(=O)CCCCBr. The molecule has 0 rings (SSSR count). The average Bonchev–Trinajstić information content (AvgIpc) is 2.59. The minimum atomic E-state index is 0.387. The molecule has 0 aliphatic heterocycles. The molecule has 1 amide bonds. The Morgan fingerprint density at radius 1 is 0.667 bits per heavy atom. The zero-order valence-corrected chi connectivity index (χ0v) is 18.0. The minimum absolute atomic E-state index is 0.387. The monoisotopic (exact) mass is 403 g/mol. The lowest BCUT2D eigenvalue weighted by Gasteiger charge is -2.23. The molecule has 0 N–H and O–H groups in total. The molecule has 0 saturated heterocycles. The number of alkyl halides is 1. The van der Waals surface area contributed by atoms with Crippen molar-refractivity contribution >= 4 is 21.8 Å². The number of unbranched alkanes of at least 4 members (excludes halogenated alkanes) is 11. The number of amides is 1. The van der Waals surface area contributed by atoms with Gasteiger partial charge < -0.3 is 4.90 Å². The molecular formula is C21H42BrNO. The Labute approximate surface area is 160 Å². The third-order valence-corrected chi connectivity index (χ3v) is 5.25. The Morgan fingerprint density at radius 2 is 1.12 bits per heavy atom. The van der Waals surface area contributed by atoms with Crippen LogP contribution in [0.5, 0.6) is 0 Å². The quantitative estimate of drug-likeness (QED) is 0.176. The van der Waals surface area contributed by atoms with E-state index in [1.165, 1.54) is 77.0 Å². The summed E-state index contributed by atoms with van der Waals surface area (Å²) in [7, 11) is 0. The first kappa shape index (κ1) is 23.9. The van der Waals surface area contributed by atoms with Gasteiger partial charge in [0.2, 0.25) is 5.91 Å². The van der Waals surface area contributed by atoms with E-state index < -0.39 is 0 Å². The zero-order chi connectivity index (χ0) is 17.9. The van der Waals surface area contributed by atoms with Gasteiger partial charge in [0.05, 0.1) is 0 Å². The number of rotatable bonds is 18. The Hall–Kier alpha value is -0.0500. The Balaban J connectivity index is 3.97. The van der Waals surface area contributed by atoms with Crippen LogP contribution in [-0.2, 0) is 4.79 Å². The largest absolute Gasteiger partial charge is 0.343 e. The van der Waals surface area contributed by atoms with Crippen molar-refractivity contribution in [3.8, 4) is 0 Å². The number of carbonyl (C=O) groups excluding carboxylic acids is 1. The van der Waals surface area contributed by atoms with Gasteiger partial charge in [0, 0.05) is 24.8 Å². The first-order chi connectivity index (χ1) is 11.8. The van der Waals surface area contributed by atoms with Gasteiger partial charge in [0.1, 0.15) is 0 Å². The van der Waals surface area contributed by atoms with Crippen molar-refractivity contribution in [1.82, 2.24) is 4.90 Å². The van der Waals surface area contributed by atoms with Crippen molar-refractivity contribution in [1.29, 1.82) is 0 Å². The van der Waals surface area contributed by atoms with Crippen LogP contribution in [0.1, 0.15) is 110 Å². The summed E-state index contributed by atoms with van der Waals surface area (Å²) in [4.78, 5) is 14.6. The maximum atomic E-state index is 12.5. The van der Waals surface area contributed by atoms with Crippen LogP contribution in [0.2, 0.25) is 0 Å². The summed E-state index contributed by atoms with van der Waals surface area (Å²) < 4.78 is 0. The molecule has 0 heterocycles. The highest BCUT2D eigenvalue weighted by Gasteiger charge is 2.12. The van der Waals surface area contributed by atoms with Crippen molar-refractivity contribution in [3.63, 3.8) is 0 Å². The molecule has 0 bridgehead atoms. The first-order valence-electron chi connectivity index (χ1n) is 10.6. The molecule has 0 aromatic heterocycles. The number of carbonyl (C=O) groups is 1. The van der Waals surface area contributed by atoms with Crippen molar-refractivity contribution in [3.05, 3.63) is 0 Å². The summed E-state index contributed by atoms with van der Waals surface area (Å²) in [5.74, 6) is 0.387. The summed E-state index contributed by atoms with van der Waals surface area (Å²) in [5.41, 5.74) is 0. The maximum absolute atomic E-state index is 12.5. The molecule has 0 aliphatic carbocycles. The van der Waals surface area contributed by atoms with E-state index in [-0.39, 0.29) is 0 Å². The molecule has 24 heavy (non-hydrogen) atoms. The van der Waals surface area contributed by atoms with Gasteiger partial charge in [-0.05, 0) is 25.7 Å². The zero-order valence-electron chi connectivity index (χ0n) is 16.5. The normalized spacial score (nSPS) is 11.0. The van der Waals surface area contributed by atoms with Crippen LogP contribution >= 0.6 is 15.9 Å². The van der Waals surface area contributed by atoms with E-state index in [9.17, 15) is 4.79 Å². The van der Waals surface area contributed by atoms with Crippen LogP contribution in [0.3, 0.4) is 0 Å². The van der Waals surface area contributed by atoms with Crippen LogP contribution in [-0.4, -0.2) is 29.2 Å². The fraction of sp³-hybridized carbons (Fsp3) is 0.952. The summed E-state index contributed by atoms with van der Waals surface area (Å²) in [6.45, 7) is 6.48. The summed E-state index contributed by atoms with van der Waals surface area (Å²) in [6, 6.07) is 0. The van der Waals surface area contributed by atoms with Crippen molar-refractivity contribution in [2.45, 2.75) is 110 Å². The minimum Gasteiger partial charge on any atom is -0.343 e. The van der Waals surface area contributed by atoms with E-state index in [4.69, 9.17) is 0 Å². The lowest BCUT2D eigenvalue weighted by molar-refractivity contribution is -0.131. The molecule has 3 heteroatoms. The highest BCUT2D eigenvalue weighted by atomic mass is 79.9. The van der Waals surface area contributed by atoms with Crippen molar-refractivity contribution in [2.75, 3.05) is 18.4 Å². The van der Waals surface area contributed by atoms with E-state index in [0.717, 1.165) is 37.7 Å². The molecule has 144 valence electrons. The predicted octanol–water partition coefficient (Wildman–Crippen LogP) is 7.10. The molecule has 0 fully saturated rings. The predicted molar refractivity (Wildman–Crippen MR) is 111 cm³/mol. The van der Waals surface area contributed by atoms with Gasteiger partial charge in [-0.2, -0.15) is 0 Å². The van der Waals surface area contributed by atoms with Gasteiger partial charge in [-0.1, -0.05) is 94.0 Å². The van der Waals surface area contributed by atoms with Gasteiger partial charge in [-0.25, -0.2) is 0 Å². The second kappa shape index (κ2) is 19.3. The summed E-state index contributed by atoms with van der Waals surface area (Å²) in [5, 5.41) is 1.01. The molecule has 0 unspecified atom stereocenters. The van der Waals surface area contributed by atoms with E-state index >= 15 is 0 Å². The third-order valence-electron chi connectivity index (χ3n) is 4.69.